The van der Waals surface area contributed by atoms with Crippen LogP contribution in [0.15, 0.2) is 53.7 Å². The number of nitrogens with two attached hydrogens (primary N) is 1. The number of aryl methyl sites for hydroxylation is 1. The van der Waals surface area contributed by atoms with E-state index in [-0.39, 0.29) is 11.8 Å². The fourth-order valence-electron chi connectivity index (χ4n) is 3.86. The molecule has 1 amide bonds. The van der Waals surface area contributed by atoms with Crippen LogP contribution >= 0.6 is 0 Å². The first-order valence-electron chi connectivity index (χ1n) is 11.2. The highest BCUT2D eigenvalue weighted by Crippen LogP contribution is 2.24. The number of rotatable bonds is 9. The highest BCUT2D eigenvalue weighted by atomic mass is 16.1. The van der Waals surface area contributed by atoms with Gasteiger partial charge in [0.1, 0.15) is 5.82 Å². The summed E-state index contributed by atoms with van der Waals surface area (Å²) in [5.41, 5.74) is 7.91. The number of hydrogen-bond donors (Lipinski definition) is 3. The number of piperidine rings is 1. The molecule has 4 N–H and O–H groups in total. The Hall–Kier alpha value is -3.09. The van der Waals surface area contributed by atoms with Crippen LogP contribution in [-0.4, -0.2) is 43.0 Å². The number of nitrogens with one attached hydrogen (secondary N) is 2. The van der Waals surface area contributed by atoms with Crippen LogP contribution < -0.4 is 21.3 Å². The summed E-state index contributed by atoms with van der Waals surface area (Å²) in [6, 6.07) is 14.6. The first-order chi connectivity index (χ1) is 15.2. The number of amides is 1. The Morgan fingerprint density at radius 3 is 2.65 bits per heavy atom. The molecule has 0 bridgehead atoms. The predicted octanol–water partition coefficient (Wildman–Crippen LogP) is 2.47. The second-order valence-electron chi connectivity index (χ2n) is 7.86. The van der Waals surface area contributed by atoms with E-state index in [1.165, 1.54) is 5.56 Å². The van der Waals surface area contributed by atoms with Gasteiger partial charge in [-0.15, -0.1) is 0 Å². The van der Waals surface area contributed by atoms with Crippen molar-refractivity contribution in [2.75, 3.05) is 31.1 Å². The Morgan fingerprint density at radius 1 is 1.16 bits per heavy atom. The molecule has 0 saturated carbocycles. The van der Waals surface area contributed by atoms with Gasteiger partial charge in [-0.05, 0) is 44.2 Å². The summed E-state index contributed by atoms with van der Waals surface area (Å²) < 4.78 is 0. The van der Waals surface area contributed by atoms with E-state index in [1.807, 2.05) is 18.3 Å². The SMILES string of the molecule is CCNC(=NCc1cccnc1N1CCC(C(N)=O)CC1)NCCCc1ccccc1. The molecule has 31 heavy (non-hydrogen) atoms. The number of pyridine rings is 1. The highest BCUT2D eigenvalue weighted by Gasteiger charge is 2.24. The number of aliphatic imine (C=N–C) groups is 1. The minimum Gasteiger partial charge on any atom is -0.369 e. The summed E-state index contributed by atoms with van der Waals surface area (Å²) in [6.07, 6.45) is 5.46. The first kappa shape index (κ1) is 22.6. The Balaban J connectivity index is 1.56. The zero-order valence-corrected chi connectivity index (χ0v) is 18.4. The van der Waals surface area contributed by atoms with Gasteiger partial charge in [0.05, 0.1) is 6.54 Å². The molecule has 3 rings (SSSR count). The summed E-state index contributed by atoms with van der Waals surface area (Å²) >= 11 is 0. The second kappa shape index (κ2) is 11.9. The van der Waals surface area contributed by atoms with Gasteiger partial charge in [0.2, 0.25) is 5.91 Å². The molecule has 1 fully saturated rings. The normalized spacial score (nSPS) is 15.0. The zero-order chi connectivity index (χ0) is 21.9. The monoisotopic (exact) mass is 422 g/mol. The van der Waals surface area contributed by atoms with E-state index >= 15 is 0 Å². The zero-order valence-electron chi connectivity index (χ0n) is 18.4. The minimum atomic E-state index is -0.195. The van der Waals surface area contributed by atoms with Crippen molar-refractivity contribution in [3.8, 4) is 0 Å². The molecule has 2 aromatic rings. The molecule has 0 unspecified atom stereocenters. The molecule has 1 aromatic heterocycles. The van der Waals surface area contributed by atoms with E-state index in [9.17, 15) is 4.79 Å². The molecule has 7 heteroatoms. The molecule has 0 spiro atoms. The quantitative estimate of drug-likeness (QED) is 0.328. The lowest BCUT2D eigenvalue weighted by atomic mass is 9.96. The maximum Gasteiger partial charge on any atom is 0.220 e. The Morgan fingerprint density at radius 2 is 1.94 bits per heavy atom. The Bertz CT molecular complexity index is 846. The van der Waals surface area contributed by atoms with Crippen molar-refractivity contribution >= 4 is 17.7 Å². The molecule has 0 radical (unpaired) electrons. The number of carbonyl (C=O) groups is 1. The van der Waals surface area contributed by atoms with Crippen LogP contribution in [0.2, 0.25) is 0 Å². The van der Waals surface area contributed by atoms with E-state index in [2.05, 4.69) is 57.8 Å². The topological polar surface area (TPSA) is 95.6 Å². The molecule has 1 aliphatic heterocycles. The van der Waals surface area contributed by atoms with E-state index in [4.69, 9.17) is 10.7 Å². The van der Waals surface area contributed by atoms with Gasteiger partial charge in [0, 0.05) is 43.9 Å². The van der Waals surface area contributed by atoms with Crippen LogP contribution in [0.4, 0.5) is 5.82 Å². The molecule has 0 aliphatic carbocycles. The van der Waals surface area contributed by atoms with Gasteiger partial charge in [-0.3, -0.25) is 4.79 Å². The predicted molar refractivity (Wildman–Crippen MR) is 126 cm³/mol. The van der Waals surface area contributed by atoms with Gasteiger partial charge in [-0.2, -0.15) is 0 Å². The lowest BCUT2D eigenvalue weighted by molar-refractivity contribution is -0.122. The molecule has 7 nitrogen and oxygen atoms in total. The van der Waals surface area contributed by atoms with Crippen LogP contribution in [0.5, 0.6) is 0 Å². The summed E-state index contributed by atoms with van der Waals surface area (Å²) in [5.74, 6) is 1.55. The van der Waals surface area contributed by atoms with Crippen molar-refractivity contribution in [1.29, 1.82) is 0 Å². The number of aromatic nitrogens is 1. The van der Waals surface area contributed by atoms with Crippen molar-refractivity contribution < 1.29 is 4.79 Å². The highest BCUT2D eigenvalue weighted by molar-refractivity contribution is 5.79. The third kappa shape index (κ3) is 6.98. The van der Waals surface area contributed by atoms with Gasteiger partial charge in [-0.25, -0.2) is 9.98 Å². The number of guanidine groups is 1. The number of nitrogens with zero attached hydrogens (tertiary/aromatic N) is 3. The standard InChI is InChI=1S/C24H34N6O/c1-2-26-24(28-15-6-10-19-8-4-3-5-9-19)29-18-21-11-7-14-27-23(21)30-16-12-20(13-17-30)22(25)31/h3-5,7-9,11,14,20H,2,6,10,12-13,15-18H2,1H3,(H2,25,31)(H2,26,28,29). The number of carbonyl (C=O) groups excluding carboxylic acids is 1. The van der Waals surface area contributed by atoms with Crippen LogP contribution in [0, 0.1) is 5.92 Å². The molecule has 1 aromatic carbocycles. The van der Waals surface area contributed by atoms with Gasteiger partial charge in [0.25, 0.3) is 0 Å². The van der Waals surface area contributed by atoms with Crippen molar-refractivity contribution in [2.24, 2.45) is 16.6 Å². The molecular formula is C24H34N6O. The lowest BCUT2D eigenvalue weighted by Crippen LogP contribution is -2.39. The molecule has 1 saturated heterocycles. The molecule has 0 atom stereocenters. The fourth-order valence-corrected chi connectivity index (χ4v) is 3.86. The van der Waals surface area contributed by atoms with Crippen LogP contribution in [-0.2, 0) is 17.8 Å². The van der Waals surface area contributed by atoms with E-state index in [0.29, 0.717) is 6.54 Å². The number of anilines is 1. The Kier molecular flexibility index (Phi) is 8.70. The van der Waals surface area contributed by atoms with Crippen LogP contribution in [0.1, 0.15) is 37.3 Å². The van der Waals surface area contributed by atoms with Gasteiger partial charge >= 0.3 is 0 Å². The summed E-state index contributed by atoms with van der Waals surface area (Å²) in [6.45, 7) is 5.87. The average molecular weight is 423 g/mol. The fraction of sp³-hybridized carbons (Fsp3) is 0.458. The minimum absolute atomic E-state index is 0.0260. The van der Waals surface area contributed by atoms with E-state index < -0.39 is 0 Å². The summed E-state index contributed by atoms with van der Waals surface area (Å²) in [7, 11) is 0. The van der Waals surface area contributed by atoms with Crippen molar-refractivity contribution in [2.45, 2.75) is 39.2 Å². The number of primary amides is 1. The van der Waals surface area contributed by atoms with E-state index in [0.717, 1.165) is 69.2 Å². The van der Waals surface area contributed by atoms with Crippen LogP contribution in [0.25, 0.3) is 0 Å². The maximum absolute atomic E-state index is 11.4. The third-order valence-electron chi connectivity index (χ3n) is 5.59. The second-order valence-corrected chi connectivity index (χ2v) is 7.86. The molecule has 1 aliphatic rings. The van der Waals surface area contributed by atoms with Gasteiger partial charge < -0.3 is 21.3 Å². The summed E-state index contributed by atoms with van der Waals surface area (Å²) in [5, 5.41) is 6.75. The smallest absolute Gasteiger partial charge is 0.220 e. The summed E-state index contributed by atoms with van der Waals surface area (Å²) in [4.78, 5) is 23.1. The maximum atomic E-state index is 11.4. The van der Waals surface area contributed by atoms with Gasteiger partial charge in [-0.1, -0.05) is 36.4 Å². The Labute approximate surface area is 185 Å². The van der Waals surface area contributed by atoms with Crippen LogP contribution in [0.3, 0.4) is 0 Å². The number of hydrogen-bond acceptors (Lipinski definition) is 4. The largest absolute Gasteiger partial charge is 0.369 e. The first-order valence-corrected chi connectivity index (χ1v) is 11.2. The van der Waals surface area contributed by atoms with Crippen molar-refractivity contribution in [3.63, 3.8) is 0 Å². The van der Waals surface area contributed by atoms with E-state index in [1.54, 1.807) is 0 Å². The lowest BCUT2D eigenvalue weighted by Gasteiger charge is -2.32. The molecular weight excluding hydrogens is 388 g/mol. The molecule has 166 valence electrons. The van der Waals surface area contributed by atoms with Crippen molar-refractivity contribution in [3.05, 3.63) is 59.8 Å². The van der Waals surface area contributed by atoms with Gasteiger partial charge in [0.15, 0.2) is 5.96 Å². The third-order valence-corrected chi connectivity index (χ3v) is 5.59. The average Bonchev–Trinajstić information content (AvgIpc) is 2.81. The number of benzene rings is 1. The molecule has 2 heterocycles. The van der Waals surface area contributed by atoms with Crippen molar-refractivity contribution in [1.82, 2.24) is 15.6 Å².